The van der Waals surface area contributed by atoms with Crippen LogP contribution in [0.25, 0.3) is 0 Å². The molecule has 0 saturated carbocycles. The Kier molecular flexibility index (Phi) is 2.65. The second kappa shape index (κ2) is 3.83. The number of hydrogen-bond acceptors (Lipinski definition) is 2. The van der Waals surface area contributed by atoms with Gasteiger partial charge in [0, 0.05) is 11.5 Å². The smallest absolute Gasteiger partial charge is 0.0680 e. The number of hydrogen-bond donors (Lipinski definition) is 1. The summed E-state index contributed by atoms with van der Waals surface area (Å²) in [5.74, 6) is 0.405. The highest BCUT2D eigenvalue weighted by Crippen LogP contribution is 2.49. The first kappa shape index (κ1) is 13.1. The first-order valence-corrected chi connectivity index (χ1v) is 7.28. The van der Waals surface area contributed by atoms with Gasteiger partial charge >= 0.3 is 0 Å². The largest absolute Gasteiger partial charge is 0.369 e. The quantitative estimate of drug-likeness (QED) is 0.841. The maximum Gasteiger partial charge on any atom is 0.0680 e. The fourth-order valence-corrected chi connectivity index (χ4v) is 4.38. The molecular weight excluding hydrogens is 234 g/mol. The summed E-state index contributed by atoms with van der Waals surface area (Å²) in [7, 11) is 0. The van der Waals surface area contributed by atoms with E-state index in [1.807, 2.05) is 0 Å². The van der Waals surface area contributed by atoms with Crippen LogP contribution in [0.3, 0.4) is 0 Å². The molecule has 104 valence electrons. The van der Waals surface area contributed by atoms with E-state index in [0.717, 1.165) is 19.3 Å². The highest BCUT2D eigenvalue weighted by molar-refractivity contribution is 5.37. The van der Waals surface area contributed by atoms with Gasteiger partial charge in [-0.25, -0.2) is 0 Å². The summed E-state index contributed by atoms with van der Waals surface area (Å²) in [6.45, 7) is 8.76. The zero-order valence-corrected chi connectivity index (χ0v) is 12.5. The molecule has 1 aromatic carbocycles. The molecule has 19 heavy (non-hydrogen) atoms. The lowest BCUT2D eigenvalue weighted by atomic mass is 9.71. The average Bonchev–Trinajstić information content (AvgIpc) is 2.71. The number of benzene rings is 1. The van der Waals surface area contributed by atoms with Crippen LogP contribution in [0, 0.1) is 5.92 Å². The normalized spacial score (nSPS) is 30.3. The fourth-order valence-electron chi connectivity index (χ4n) is 4.38. The summed E-state index contributed by atoms with van der Waals surface area (Å²) in [6.07, 6.45) is 3.01. The van der Waals surface area contributed by atoms with Gasteiger partial charge in [0.05, 0.1) is 11.2 Å². The van der Waals surface area contributed by atoms with E-state index >= 15 is 0 Å². The lowest BCUT2D eigenvalue weighted by Gasteiger charge is -2.38. The molecule has 1 aliphatic heterocycles. The van der Waals surface area contributed by atoms with Crippen LogP contribution in [0.2, 0.25) is 0 Å². The number of fused-ring (bicyclic) bond motifs is 1. The second-order valence-corrected chi connectivity index (χ2v) is 7.58. The van der Waals surface area contributed by atoms with E-state index in [1.165, 1.54) is 11.1 Å². The zero-order valence-electron chi connectivity index (χ0n) is 12.5. The molecule has 0 radical (unpaired) electrons. The van der Waals surface area contributed by atoms with Crippen LogP contribution >= 0.6 is 0 Å². The van der Waals surface area contributed by atoms with Gasteiger partial charge in [0.1, 0.15) is 0 Å². The Hall–Kier alpha value is -0.860. The van der Waals surface area contributed by atoms with Crippen molar-refractivity contribution in [3.05, 3.63) is 35.4 Å². The highest BCUT2D eigenvalue weighted by atomic mass is 16.5. The Labute approximate surface area is 116 Å². The van der Waals surface area contributed by atoms with E-state index in [4.69, 9.17) is 10.5 Å². The van der Waals surface area contributed by atoms with Crippen LogP contribution in [-0.4, -0.2) is 16.7 Å². The van der Waals surface area contributed by atoms with E-state index in [0.29, 0.717) is 5.92 Å². The fraction of sp³-hybridized carbons (Fsp3) is 0.647. The monoisotopic (exact) mass is 259 g/mol. The summed E-state index contributed by atoms with van der Waals surface area (Å²) in [6, 6.07) is 8.67. The molecule has 0 aromatic heterocycles. The minimum absolute atomic E-state index is 0.0602. The van der Waals surface area contributed by atoms with E-state index < -0.39 is 0 Å². The molecule has 1 unspecified atom stereocenters. The molecule has 1 aromatic rings. The summed E-state index contributed by atoms with van der Waals surface area (Å²) in [5.41, 5.74) is 9.32. The standard InChI is InChI=1S/C17H25NO/c1-15(2)11-14(16(3,4)19-15)17(18)9-12-7-5-6-8-13(12)10-17/h5-8,14H,9-11,18H2,1-4H3. The van der Waals surface area contributed by atoms with E-state index in [9.17, 15) is 0 Å². The van der Waals surface area contributed by atoms with E-state index in [2.05, 4.69) is 52.0 Å². The molecule has 2 nitrogen and oxygen atoms in total. The molecule has 1 saturated heterocycles. The molecule has 2 aliphatic rings. The van der Waals surface area contributed by atoms with Crippen molar-refractivity contribution in [3.63, 3.8) is 0 Å². The highest BCUT2D eigenvalue weighted by Gasteiger charge is 2.55. The number of ether oxygens (including phenoxy) is 1. The molecule has 3 rings (SSSR count). The summed E-state index contributed by atoms with van der Waals surface area (Å²) < 4.78 is 6.25. The first-order chi connectivity index (χ1) is 8.72. The maximum absolute atomic E-state index is 6.83. The Morgan fingerprint density at radius 3 is 2.00 bits per heavy atom. The number of nitrogens with two attached hydrogens (primary N) is 1. The third-order valence-corrected chi connectivity index (χ3v) is 4.93. The Morgan fingerprint density at radius 2 is 1.58 bits per heavy atom. The van der Waals surface area contributed by atoms with Gasteiger partial charge in [0.15, 0.2) is 0 Å². The molecule has 2 heteroatoms. The van der Waals surface area contributed by atoms with Crippen LogP contribution < -0.4 is 5.73 Å². The van der Waals surface area contributed by atoms with Crippen molar-refractivity contribution in [3.8, 4) is 0 Å². The Balaban J connectivity index is 1.92. The van der Waals surface area contributed by atoms with Gasteiger partial charge < -0.3 is 10.5 Å². The number of rotatable bonds is 1. The average molecular weight is 259 g/mol. The van der Waals surface area contributed by atoms with Crippen LogP contribution in [0.15, 0.2) is 24.3 Å². The molecular formula is C17H25NO. The SMILES string of the molecule is CC1(C)CC(C2(N)Cc3ccccc3C2)C(C)(C)O1. The first-order valence-electron chi connectivity index (χ1n) is 7.28. The molecule has 1 heterocycles. The molecule has 1 atom stereocenters. The molecule has 1 fully saturated rings. The third-order valence-electron chi connectivity index (χ3n) is 4.93. The van der Waals surface area contributed by atoms with Crippen LogP contribution in [0.5, 0.6) is 0 Å². The van der Waals surface area contributed by atoms with Crippen molar-refractivity contribution in [2.45, 2.75) is 63.7 Å². The van der Waals surface area contributed by atoms with Crippen molar-refractivity contribution in [2.24, 2.45) is 11.7 Å². The van der Waals surface area contributed by atoms with Crippen molar-refractivity contribution in [1.29, 1.82) is 0 Å². The van der Waals surface area contributed by atoms with Crippen LogP contribution in [0.4, 0.5) is 0 Å². The second-order valence-electron chi connectivity index (χ2n) is 7.58. The van der Waals surface area contributed by atoms with Gasteiger partial charge in [-0.3, -0.25) is 0 Å². The van der Waals surface area contributed by atoms with Gasteiger partial charge in [-0.2, -0.15) is 0 Å². The van der Waals surface area contributed by atoms with E-state index in [1.54, 1.807) is 0 Å². The maximum atomic E-state index is 6.83. The van der Waals surface area contributed by atoms with Gasteiger partial charge in [0.25, 0.3) is 0 Å². The van der Waals surface area contributed by atoms with Crippen LogP contribution in [-0.2, 0) is 17.6 Å². The topological polar surface area (TPSA) is 35.2 Å². The molecule has 0 amide bonds. The third kappa shape index (κ3) is 2.11. The van der Waals surface area contributed by atoms with Crippen molar-refractivity contribution in [1.82, 2.24) is 0 Å². The predicted molar refractivity (Wildman–Crippen MR) is 78.1 cm³/mol. The Bertz CT molecular complexity index is 479. The summed E-state index contributed by atoms with van der Waals surface area (Å²) in [5, 5.41) is 0. The minimum atomic E-state index is -0.152. The minimum Gasteiger partial charge on any atom is -0.369 e. The molecule has 2 N–H and O–H groups in total. The van der Waals surface area contributed by atoms with Crippen molar-refractivity contribution >= 4 is 0 Å². The lowest BCUT2D eigenvalue weighted by Crippen LogP contribution is -2.54. The molecule has 1 aliphatic carbocycles. The zero-order chi connectivity index (χ0) is 13.9. The van der Waals surface area contributed by atoms with Crippen molar-refractivity contribution < 1.29 is 4.74 Å². The van der Waals surface area contributed by atoms with Gasteiger partial charge in [-0.15, -0.1) is 0 Å². The Morgan fingerprint density at radius 1 is 1.05 bits per heavy atom. The lowest BCUT2D eigenvalue weighted by molar-refractivity contribution is -0.0814. The van der Waals surface area contributed by atoms with Gasteiger partial charge in [-0.1, -0.05) is 24.3 Å². The van der Waals surface area contributed by atoms with E-state index in [-0.39, 0.29) is 16.7 Å². The van der Waals surface area contributed by atoms with Gasteiger partial charge in [0.2, 0.25) is 0 Å². The van der Waals surface area contributed by atoms with Crippen molar-refractivity contribution in [2.75, 3.05) is 0 Å². The summed E-state index contributed by atoms with van der Waals surface area (Å²) >= 11 is 0. The molecule has 0 spiro atoms. The predicted octanol–water partition coefficient (Wildman–Crippen LogP) is 3.08. The summed E-state index contributed by atoms with van der Waals surface area (Å²) in [4.78, 5) is 0. The molecule has 0 bridgehead atoms. The van der Waals surface area contributed by atoms with Crippen LogP contribution in [0.1, 0.15) is 45.2 Å². The van der Waals surface area contributed by atoms with Gasteiger partial charge in [-0.05, 0) is 58.1 Å².